The maximum atomic E-state index is 13.0. The molecule has 3 aliphatic rings. The Morgan fingerprint density at radius 1 is 1.37 bits per heavy atom. The molecule has 27 heavy (non-hydrogen) atoms. The van der Waals surface area contributed by atoms with E-state index in [0.717, 1.165) is 43.7 Å². The van der Waals surface area contributed by atoms with Gasteiger partial charge in [0.2, 0.25) is 5.91 Å². The Hall–Kier alpha value is -2.28. The van der Waals surface area contributed by atoms with Crippen LogP contribution in [-0.2, 0) is 16.0 Å². The third-order valence-corrected chi connectivity index (χ3v) is 6.09. The molecule has 4 rings (SSSR count). The molecule has 1 atom stereocenters. The number of carbonyl (C=O) groups is 2. The molecule has 1 spiro atoms. The van der Waals surface area contributed by atoms with Gasteiger partial charge in [-0.3, -0.25) is 9.69 Å². The second-order valence-corrected chi connectivity index (χ2v) is 7.73. The molecule has 0 radical (unpaired) electrons. The topological polar surface area (TPSA) is 71.1 Å². The summed E-state index contributed by atoms with van der Waals surface area (Å²) >= 11 is 0. The van der Waals surface area contributed by atoms with Gasteiger partial charge in [-0.15, -0.1) is 0 Å². The number of ether oxygens (including phenoxy) is 2. The molecule has 0 saturated carbocycles. The first kappa shape index (κ1) is 18.1. The smallest absolute Gasteiger partial charge is 0.410 e. The maximum absolute atomic E-state index is 13.0. The van der Waals surface area contributed by atoms with Crippen LogP contribution < -0.4 is 10.1 Å². The molecule has 2 amide bonds. The summed E-state index contributed by atoms with van der Waals surface area (Å²) in [6, 6.07) is 6.00. The number of rotatable bonds is 3. The fourth-order valence-electron chi connectivity index (χ4n) is 4.47. The van der Waals surface area contributed by atoms with Gasteiger partial charge in [-0.2, -0.15) is 0 Å². The van der Waals surface area contributed by atoms with Crippen molar-refractivity contribution in [2.24, 2.45) is 0 Å². The Labute approximate surface area is 159 Å². The molecule has 7 nitrogen and oxygen atoms in total. The average molecular weight is 373 g/mol. The van der Waals surface area contributed by atoms with E-state index in [1.165, 1.54) is 5.56 Å². The largest absolute Gasteiger partial charge is 0.497 e. The minimum atomic E-state index is -0.421. The Kier molecular flexibility index (Phi) is 4.72. The molecule has 1 unspecified atom stereocenters. The minimum absolute atomic E-state index is 0.0288. The van der Waals surface area contributed by atoms with Crippen molar-refractivity contribution in [3.63, 3.8) is 0 Å². The van der Waals surface area contributed by atoms with E-state index in [1.54, 1.807) is 12.0 Å². The van der Waals surface area contributed by atoms with Gasteiger partial charge in [0.05, 0.1) is 19.7 Å². The van der Waals surface area contributed by atoms with Gasteiger partial charge in [0.1, 0.15) is 17.9 Å². The van der Waals surface area contributed by atoms with Crippen LogP contribution in [0.4, 0.5) is 4.79 Å². The second-order valence-electron chi connectivity index (χ2n) is 7.73. The molecule has 1 N–H and O–H groups in total. The summed E-state index contributed by atoms with van der Waals surface area (Å²) in [7, 11) is 1.65. The van der Waals surface area contributed by atoms with Gasteiger partial charge in [0, 0.05) is 19.4 Å². The lowest BCUT2D eigenvalue weighted by molar-refractivity contribution is -0.134. The standard InChI is InChI=1S/C20H27N3O4/c1-14-17-11-16(26-2)4-3-15(17)5-10-23(14)18(24)12-22-13-20(27-19(22)25)6-8-21-9-7-20/h3-4,11,14,21H,5-10,12-13H2,1-2H3. The zero-order valence-electron chi connectivity index (χ0n) is 16.0. The molecular weight excluding hydrogens is 346 g/mol. The first-order valence-corrected chi connectivity index (χ1v) is 9.66. The molecule has 7 heteroatoms. The highest BCUT2D eigenvalue weighted by atomic mass is 16.6. The van der Waals surface area contributed by atoms with Crippen LogP contribution in [0.15, 0.2) is 18.2 Å². The van der Waals surface area contributed by atoms with Gasteiger partial charge >= 0.3 is 6.09 Å². The lowest BCUT2D eigenvalue weighted by atomic mass is 9.92. The van der Waals surface area contributed by atoms with E-state index >= 15 is 0 Å². The number of hydrogen-bond acceptors (Lipinski definition) is 5. The van der Waals surface area contributed by atoms with E-state index in [4.69, 9.17) is 9.47 Å². The number of methoxy groups -OCH3 is 1. The predicted molar refractivity (Wildman–Crippen MR) is 99.7 cm³/mol. The molecular formula is C20H27N3O4. The average Bonchev–Trinajstić information content (AvgIpc) is 2.96. The van der Waals surface area contributed by atoms with Gasteiger partial charge in [-0.05, 0) is 49.7 Å². The fraction of sp³-hybridized carbons (Fsp3) is 0.600. The molecule has 146 valence electrons. The van der Waals surface area contributed by atoms with Crippen LogP contribution >= 0.6 is 0 Å². The monoisotopic (exact) mass is 373 g/mol. The van der Waals surface area contributed by atoms with E-state index in [2.05, 4.69) is 11.4 Å². The Morgan fingerprint density at radius 2 is 2.15 bits per heavy atom. The quantitative estimate of drug-likeness (QED) is 0.874. The lowest BCUT2D eigenvalue weighted by Crippen LogP contribution is -2.47. The van der Waals surface area contributed by atoms with Crippen molar-refractivity contribution in [3.8, 4) is 5.75 Å². The first-order chi connectivity index (χ1) is 13.0. The Morgan fingerprint density at radius 3 is 2.89 bits per heavy atom. The van der Waals surface area contributed by atoms with E-state index in [1.807, 2.05) is 24.0 Å². The molecule has 0 aliphatic carbocycles. The minimum Gasteiger partial charge on any atom is -0.497 e. The van der Waals surface area contributed by atoms with Crippen LogP contribution in [0, 0.1) is 0 Å². The highest BCUT2D eigenvalue weighted by Gasteiger charge is 2.46. The number of piperidine rings is 1. The van der Waals surface area contributed by atoms with Crippen LogP contribution in [-0.4, -0.2) is 67.2 Å². The third kappa shape index (κ3) is 3.36. The number of amides is 2. The summed E-state index contributed by atoms with van der Waals surface area (Å²) in [5.74, 6) is 0.768. The molecule has 2 fully saturated rings. The third-order valence-electron chi connectivity index (χ3n) is 6.09. The van der Waals surface area contributed by atoms with Gasteiger partial charge in [0.25, 0.3) is 0 Å². The first-order valence-electron chi connectivity index (χ1n) is 9.66. The number of benzene rings is 1. The number of nitrogens with one attached hydrogen (secondary N) is 1. The highest BCUT2D eigenvalue weighted by Crippen LogP contribution is 2.34. The highest BCUT2D eigenvalue weighted by molar-refractivity contribution is 5.84. The normalized spacial score (nSPS) is 23.9. The van der Waals surface area contributed by atoms with Crippen LogP contribution in [0.25, 0.3) is 0 Å². The summed E-state index contributed by atoms with van der Waals surface area (Å²) < 4.78 is 11.0. The summed E-state index contributed by atoms with van der Waals surface area (Å²) in [5, 5.41) is 3.29. The van der Waals surface area contributed by atoms with Crippen molar-refractivity contribution < 1.29 is 19.1 Å². The van der Waals surface area contributed by atoms with Crippen LogP contribution in [0.5, 0.6) is 5.75 Å². The van der Waals surface area contributed by atoms with Crippen LogP contribution in [0.2, 0.25) is 0 Å². The van der Waals surface area contributed by atoms with E-state index in [9.17, 15) is 9.59 Å². The van der Waals surface area contributed by atoms with E-state index < -0.39 is 5.60 Å². The SMILES string of the molecule is COc1ccc2c(c1)C(C)N(C(=O)CN1CC3(CCNCC3)OC1=O)CC2. The lowest BCUT2D eigenvalue weighted by Gasteiger charge is -2.36. The van der Waals surface area contributed by atoms with Gasteiger partial charge in [-0.25, -0.2) is 4.79 Å². The number of nitrogens with zero attached hydrogens (tertiary/aromatic N) is 2. The fourth-order valence-corrected chi connectivity index (χ4v) is 4.47. The van der Waals surface area contributed by atoms with Crippen molar-refractivity contribution in [3.05, 3.63) is 29.3 Å². The molecule has 1 aromatic rings. The molecule has 0 bridgehead atoms. The molecule has 2 saturated heterocycles. The van der Waals surface area contributed by atoms with Crippen molar-refractivity contribution in [1.82, 2.24) is 15.1 Å². The molecule has 1 aromatic carbocycles. The predicted octanol–water partition coefficient (Wildman–Crippen LogP) is 1.72. The van der Waals surface area contributed by atoms with Gasteiger partial charge < -0.3 is 19.7 Å². The van der Waals surface area contributed by atoms with Crippen LogP contribution in [0.3, 0.4) is 0 Å². The number of fused-ring (bicyclic) bond motifs is 1. The van der Waals surface area contributed by atoms with Crippen LogP contribution in [0.1, 0.15) is 36.9 Å². The van der Waals surface area contributed by atoms with Crippen molar-refractivity contribution in [2.45, 2.75) is 37.8 Å². The van der Waals surface area contributed by atoms with E-state index in [-0.39, 0.29) is 24.6 Å². The zero-order chi connectivity index (χ0) is 19.0. The van der Waals surface area contributed by atoms with E-state index in [0.29, 0.717) is 13.1 Å². The molecule has 0 aromatic heterocycles. The summed E-state index contributed by atoms with van der Waals surface area (Å²) in [5.41, 5.74) is 1.95. The summed E-state index contributed by atoms with van der Waals surface area (Å²) in [4.78, 5) is 28.7. The zero-order valence-corrected chi connectivity index (χ0v) is 16.0. The molecule has 3 aliphatic heterocycles. The maximum Gasteiger partial charge on any atom is 0.410 e. The summed E-state index contributed by atoms with van der Waals surface area (Å²) in [6.07, 6.45) is 2.06. The van der Waals surface area contributed by atoms with Crippen molar-refractivity contribution in [1.29, 1.82) is 0 Å². The number of carbonyl (C=O) groups excluding carboxylic acids is 2. The van der Waals surface area contributed by atoms with Gasteiger partial charge in [-0.1, -0.05) is 6.07 Å². The molecule has 3 heterocycles. The Bertz CT molecular complexity index is 745. The van der Waals surface area contributed by atoms with Crippen molar-refractivity contribution >= 4 is 12.0 Å². The Balaban J connectivity index is 1.45. The van der Waals surface area contributed by atoms with Crippen molar-refractivity contribution in [2.75, 3.05) is 39.8 Å². The van der Waals surface area contributed by atoms with Gasteiger partial charge in [0.15, 0.2) is 0 Å². The summed E-state index contributed by atoms with van der Waals surface area (Å²) in [6.45, 7) is 4.97. The number of hydrogen-bond donors (Lipinski definition) is 1. The second kappa shape index (κ2) is 7.03.